The van der Waals surface area contributed by atoms with Crippen molar-refractivity contribution in [2.24, 2.45) is 0 Å². The van der Waals surface area contributed by atoms with Crippen molar-refractivity contribution in [2.45, 2.75) is 5.78 Å². The Hall–Kier alpha value is -3.75. The molecule has 1 unspecified atom stereocenters. The molecule has 1 heterocycles. The van der Waals surface area contributed by atoms with Gasteiger partial charge in [0.15, 0.2) is 5.78 Å². The molecule has 0 aliphatic heterocycles. The standard InChI is InChI=1S/C21H17N4O5PS/c26-25(27)19-14-8-7-13-18(19)20(23-21-24-22-15-32-21)31(28,29-16-9-3-1-4-10-16)30-17-11-5-2-6-12-17/h1-15,20H,(H,23,24). The van der Waals surface area contributed by atoms with Crippen molar-refractivity contribution in [2.75, 3.05) is 5.32 Å². The SMILES string of the molecule is O=[N+]([O-])c1ccccc1C(Nc1nncs1)P(=O)(Oc1ccccc1)Oc1ccccc1. The summed E-state index contributed by atoms with van der Waals surface area (Å²) in [6, 6.07) is 23.0. The van der Waals surface area contributed by atoms with Gasteiger partial charge in [-0.1, -0.05) is 59.9 Å². The first-order valence-corrected chi connectivity index (χ1v) is 11.9. The number of hydrogen-bond donors (Lipinski definition) is 1. The predicted molar refractivity (Wildman–Crippen MR) is 121 cm³/mol. The molecule has 0 saturated carbocycles. The maximum Gasteiger partial charge on any atom is 0.457 e. The van der Waals surface area contributed by atoms with Crippen molar-refractivity contribution in [1.29, 1.82) is 0 Å². The number of aromatic nitrogens is 2. The van der Waals surface area contributed by atoms with E-state index in [-0.39, 0.29) is 22.7 Å². The monoisotopic (exact) mass is 468 g/mol. The summed E-state index contributed by atoms with van der Waals surface area (Å²) in [6.07, 6.45) is 0. The first-order valence-electron chi connectivity index (χ1n) is 9.40. The van der Waals surface area contributed by atoms with Crippen LogP contribution in [0.5, 0.6) is 11.5 Å². The summed E-state index contributed by atoms with van der Waals surface area (Å²) in [5.41, 5.74) is 1.38. The highest BCUT2D eigenvalue weighted by Gasteiger charge is 2.44. The minimum Gasteiger partial charge on any atom is -0.414 e. The van der Waals surface area contributed by atoms with Crippen LogP contribution in [-0.4, -0.2) is 15.1 Å². The average Bonchev–Trinajstić information content (AvgIpc) is 3.32. The maximum atomic E-state index is 14.4. The van der Waals surface area contributed by atoms with Gasteiger partial charge in [0, 0.05) is 6.07 Å². The Bertz CT molecular complexity index is 1180. The van der Waals surface area contributed by atoms with Crippen LogP contribution < -0.4 is 14.4 Å². The Morgan fingerprint density at radius 3 is 2.00 bits per heavy atom. The van der Waals surface area contributed by atoms with Gasteiger partial charge in [0.1, 0.15) is 17.0 Å². The lowest BCUT2D eigenvalue weighted by Gasteiger charge is -2.28. The van der Waals surface area contributed by atoms with Crippen LogP contribution in [0.15, 0.2) is 90.4 Å². The van der Waals surface area contributed by atoms with E-state index in [2.05, 4.69) is 15.5 Å². The molecule has 162 valence electrons. The molecule has 11 heteroatoms. The van der Waals surface area contributed by atoms with Gasteiger partial charge >= 0.3 is 7.60 Å². The fraction of sp³-hybridized carbons (Fsp3) is 0.0476. The zero-order valence-electron chi connectivity index (χ0n) is 16.5. The molecule has 0 radical (unpaired) electrons. The van der Waals surface area contributed by atoms with Gasteiger partial charge < -0.3 is 14.4 Å². The molecule has 1 aromatic heterocycles. The van der Waals surface area contributed by atoms with Crippen LogP contribution in [-0.2, 0) is 4.57 Å². The maximum absolute atomic E-state index is 14.4. The van der Waals surface area contributed by atoms with Crippen molar-refractivity contribution in [3.8, 4) is 11.5 Å². The highest BCUT2D eigenvalue weighted by Crippen LogP contribution is 2.61. The average molecular weight is 468 g/mol. The van der Waals surface area contributed by atoms with E-state index in [1.165, 1.54) is 23.7 Å². The van der Waals surface area contributed by atoms with Gasteiger partial charge in [-0.25, -0.2) is 4.57 Å². The summed E-state index contributed by atoms with van der Waals surface area (Å²) in [5.74, 6) is -0.679. The van der Waals surface area contributed by atoms with Crippen LogP contribution >= 0.6 is 18.9 Å². The third-order valence-electron chi connectivity index (χ3n) is 4.32. The highest BCUT2D eigenvalue weighted by molar-refractivity contribution is 7.55. The van der Waals surface area contributed by atoms with Crippen LogP contribution in [0.2, 0.25) is 0 Å². The fourth-order valence-electron chi connectivity index (χ4n) is 2.95. The Morgan fingerprint density at radius 1 is 0.906 bits per heavy atom. The van der Waals surface area contributed by atoms with Crippen molar-refractivity contribution in [3.63, 3.8) is 0 Å². The van der Waals surface area contributed by atoms with Crippen molar-refractivity contribution in [1.82, 2.24) is 10.2 Å². The molecule has 0 aliphatic rings. The molecule has 0 spiro atoms. The Labute approximate surface area is 187 Å². The lowest BCUT2D eigenvalue weighted by atomic mass is 10.2. The van der Waals surface area contributed by atoms with Gasteiger partial charge in [0.05, 0.1) is 10.5 Å². The third kappa shape index (κ3) is 4.93. The molecule has 0 aliphatic carbocycles. The van der Waals surface area contributed by atoms with E-state index in [1.54, 1.807) is 66.7 Å². The Balaban J connectivity index is 1.85. The third-order valence-corrected chi connectivity index (χ3v) is 6.91. The molecule has 0 saturated heterocycles. The molecule has 4 aromatic rings. The van der Waals surface area contributed by atoms with Crippen LogP contribution in [0.25, 0.3) is 0 Å². The number of para-hydroxylation sites is 3. The summed E-state index contributed by atoms with van der Waals surface area (Å²) in [4.78, 5) is 11.2. The lowest BCUT2D eigenvalue weighted by Crippen LogP contribution is -2.19. The number of hydrogen-bond acceptors (Lipinski definition) is 9. The number of nitro benzene ring substituents is 1. The zero-order chi connectivity index (χ0) is 22.4. The van der Waals surface area contributed by atoms with Crippen LogP contribution in [0.3, 0.4) is 0 Å². The van der Waals surface area contributed by atoms with Crippen molar-refractivity contribution in [3.05, 3.63) is 106 Å². The van der Waals surface area contributed by atoms with Crippen molar-refractivity contribution < 1.29 is 18.5 Å². The van der Waals surface area contributed by atoms with Gasteiger partial charge in [-0.2, -0.15) is 0 Å². The van der Waals surface area contributed by atoms with Gasteiger partial charge in [-0.3, -0.25) is 10.1 Å². The molecule has 0 fully saturated rings. The number of nitro groups is 1. The zero-order valence-corrected chi connectivity index (χ0v) is 18.2. The van der Waals surface area contributed by atoms with E-state index >= 15 is 0 Å². The second-order valence-electron chi connectivity index (χ2n) is 6.46. The minimum atomic E-state index is -4.18. The number of benzene rings is 3. The van der Waals surface area contributed by atoms with Gasteiger partial charge in [0.25, 0.3) is 5.69 Å². The number of anilines is 1. The van der Waals surface area contributed by atoms with E-state index < -0.39 is 18.3 Å². The van der Waals surface area contributed by atoms with E-state index in [4.69, 9.17) is 9.05 Å². The summed E-state index contributed by atoms with van der Waals surface area (Å²) >= 11 is 1.15. The minimum absolute atomic E-state index is 0.128. The molecular formula is C21H17N4O5PS. The first kappa shape index (κ1) is 21.5. The number of rotatable bonds is 9. The lowest BCUT2D eigenvalue weighted by molar-refractivity contribution is -0.385. The molecule has 4 rings (SSSR count). The second kappa shape index (κ2) is 9.59. The first-order chi connectivity index (χ1) is 15.5. The van der Waals surface area contributed by atoms with Crippen LogP contribution in [0.1, 0.15) is 11.3 Å². The fourth-order valence-corrected chi connectivity index (χ4v) is 5.43. The highest BCUT2D eigenvalue weighted by atomic mass is 32.1. The topological polar surface area (TPSA) is 116 Å². The van der Waals surface area contributed by atoms with Crippen LogP contribution in [0, 0.1) is 10.1 Å². The summed E-state index contributed by atoms with van der Waals surface area (Å²) in [7, 11) is -4.18. The van der Waals surface area contributed by atoms with E-state index in [0.717, 1.165) is 11.3 Å². The molecule has 0 amide bonds. The molecule has 0 bridgehead atoms. The normalized spacial score (nSPS) is 12.0. The van der Waals surface area contributed by atoms with Gasteiger partial charge in [-0.15, -0.1) is 10.2 Å². The van der Waals surface area contributed by atoms with E-state index in [1.807, 2.05) is 0 Å². The molecule has 9 nitrogen and oxygen atoms in total. The molecular weight excluding hydrogens is 451 g/mol. The van der Waals surface area contributed by atoms with Gasteiger partial charge in [-0.05, 0) is 30.3 Å². The predicted octanol–water partition coefficient (Wildman–Crippen LogP) is 5.91. The Morgan fingerprint density at radius 2 is 1.47 bits per heavy atom. The largest absolute Gasteiger partial charge is 0.457 e. The second-order valence-corrected chi connectivity index (χ2v) is 9.25. The smallest absolute Gasteiger partial charge is 0.414 e. The molecule has 32 heavy (non-hydrogen) atoms. The van der Waals surface area contributed by atoms with Crippen molar-refractivity contribution >= 4 is 29.8 Å². The van der Waals surface area contributed by atoms with E-state index in [9.17, 15) is 14.7 Å². The Kier molecular flexibility index (Phi) is 6.44. The summed E-state index contributed by atoms with van der Waals surface area (Å²) < 4.78 is 26.2. The van der Waals surface area contributed by atoms with Crippen LogP contribution in [0.4, 0.5) is 10.8 Å². The quantitative estimate of drug-likeness (QED) is 0.183. The van der Waals surface area contributed by atoms with E-state index in [0.29, 0.717) is 5.13 Å². The molecule has 1 N–H and O–H groups in total. The summed E-state index contributed by atoms with van der Waals surface area (Å²) in [6.45, 7) is 0. The molecule has 1 atom stereocenters. The van der Waals surface area contributed by atoms with Gasteiger partial charge in [0.2, 0.25) is 5.13 Å². The molecule has 3 aromatic carbocycles. The summed E-state index contributed by atoms with van der Waals surface area (Å²) in [5, 5.41) is 22.8. The number of nitrogens with zero attached hydrogens (tertiary/aromatic N) is 3. The number of nitrogens with one attached hydrogen (secondary N) is 1.